The number of ether oxygens (including phenoxy) is 1. The predicted molar refractivity (Wildman–Crippen MR) is 116 cm³/mol. The van der Waals surface area contributed by atoms with Crippen LogP contribution in [0.1, 0.15) is 38.2 Å². The minimum absolute atomic E-state index is 0.0817. The Morgan fingerprint density at radius 3 is 2.74 bits per heavy atom. The molecule has 0 aromatic heterocycles. The van der Waals surface area contributed by atoms with Crippen LogP contribution in [0.25, 0.3) is 0 Å². The van der Waals surface area contributed by atoms with Gasteiger partial charge in [0.25, 0.3) is 0 Å². The fourth-order valence-electron chi connectivity index (χ4n) is 7.87. The molecule has 1 aromatic carbocycles. The van der Waals surface area contributed by atoms with Crippen LogP contribution in [0, 0.1) is 40.2 Å². The molecule has 4 bridgehead atoms. The first-order valence-corrected chi connectivity index (χ1v) is 11.7. The van der Waals surface area contributed by atoms with Crippen LogP contribution in [0.3, 0.4) is 0 Å². The number of amides is 1. The van der Waals surface area contributed by atoms with Gasteiger partial charge in [-0.15, -0.1) is 0 Å². The van der Waals surface area contributed by atoms with E-state index >= 15 is 0 Å². The third kappa shape index (κ3) is 2.50. The highest BCUT2D eigenvalue weighted by Crippen LogP contribution is 2.74. The van der Waals surface area contributed by atoms with Gasteiger partial charge in [-0.2, -0.15) is 0 Å². The molecule has 1 spiro atoms. The van der Waals surface area contributed by atoms with Crippen LogP contribution in [0.15, 0.2) is 42.0 Å². The van der Waals surface area contributed by atoms with E-state index in [4.69, 9.17) is 4.74 Å². The Morgan fingerprint density at radius 1 is 1.32 bits per heavy atom. The fourth-order valence-corrected chi connectivity index (χ4v) is 7.87. The van der Waals surface area contributed by atoms with Crippen LogP contribution < -0.4 is 5.32 Å². The third-order valence-corrected chi connectivity index (χ3v) is 9.47. The van der Waals surface area contributed by atoms with Crippen molar-refractivity contribution in [2.45, 2.75) is 57.0 Å². The number of carbonyl (C=O) groups is 2. The van der Waals surface area contributed by atoms with E-state index in [1.54, 1.807) is 13.0 Å². The summed E-state index contributed by atoms with van der Waals surface area (Å²) in [6.45, 7) is 5.39. The summed E-state index contributed by atoms with van der Waals surface area (Å²) in [4.78, 5) is 26.8. The molecule has 0 radical (unpaired) electrons. The van der Waals surface area contributed by atoms with Gasteiger partial charge in [0.1, 0.15) is 29.3 Å². The molecule has 4 fully saturated rings. The van der Waals surface area contributed by atoms with E-state index in [9.17, 15) is 28.6 Å². The van der Waals surface area contributed by atoms with E-state index in [1.807, 2.05) is 0 Å². The van der Waals surface area contributed by atoms with E-state index < -0.39 is 64.0 Å². The molecule has 34 heavy (non-hydrogen) atoms. The van der Waals surface area contributed by atoms with Crippen LogP contribution in [0.2, 0.25) is 0 Å². The summed E-state index contributed by atoms with van der Waals surface area (Å²) in [6.07, 6.45) is 1.81. The fraction of sp³-hybridized carbons (Fsp3) is 0.538. The molecule has 1 saturated heterocycles. The summed E-state index contributed by atoms with van der Waals surface area (Å²) in [5.41, 5.74) is -1.76. The Balaban J connectivity index is 1.44. The highest BCUT2D eigenvalue weighted by molar-refractivity contribution is 5.87. The number of allylic oxidation sites excluding steroid dienone is 1. The molecule has 5 aliphatic rings. The molecule has 6 nitrogen and oxygen atoms in total. The number of esters is 1. The minimum Gasteiger partial charge on any atom is -0.455 e. The summed E-state index contributed by atoms with van der Waals surface area (Å²) < 4.78 is 33.9. The SMILES string of the molecule is C=C1C[C@]23C[C@@]1(O)CC[C@H]2C1=C[C@H]2OC(=O)[C@@](C)(C1[C@@H]3C(=O)NCc1c(F)cccc1F)[C@H]2O. The average Bonchev–Trinajstić information content (AvgIpc) is 3.21. The lowest BCUT2D eigenvalue weighted by Crippen LogP contribution is -2.52. The van der Waals surface area contributed by atoms with Crippen molar-refractivity contribution in [2.24, 2.45) is 28.6 Å². The number of benzene rings is 1. The molecular formula is C26H27F2NO5. The monoisotopic (exact) mass is 471 g/mol. The van der Waals surface area contributed by atoms with Crippen molar-refractivity contribution in [1.29, 1.82) is 0 Å². The lowest BCUT2D eigenvalue weighted by Gasteiger charge is -2.42. The molecule has 180 valence electrons. The Hall–Kier alpha value is -2.58. The van der Waals surface area contributed by atoms with Gasteiger partial charge in [0.2, 0.25) is 5.91 Å². The van der Waals surface area contributed by atoms with Gasteiger partial charge < -0.3 is 20.3 Å². The Labute approximate surface area is 195 Å². The molecule has 8 heteroatoms. The second-order valence-electron chi connectivity index (χ2n) is 11.0. The Kier molecular flexibility index (Phi) is 4.36. The van der Waals surface area contributed by atoms with Gasteiger partial charge in [-0.25, -0.2) is 8.78 Å². The molecule has 1 amide bonds. The number of carbonyl (C=O) groups excluding carboxylic acids is 2. The molecule has 3 saturated carbocycles. The maximum Gasteiger partial charge on any atom is 0.315 e. The maximum atomic E-state index is 14.2. The lowest BCUT2D eigenvalue weighted by molar-refractivity contribution is -0.151. The molecule has 1 unspecified atom stereocenters. The van der Waals surface area contributed by atoms with E-state index in [2.05, 4.69) is 11.9 Å². The largest absolute Gasteiger partial charge is 0.455 e. The number of rotatable bonds is 3. The van der Waals surface area contributed by atoms with Crippen LogP contribution in [0.4, 0.5) is 8.78 Å². The number of hydrogen-bond donors (Lipinski definition) is 3. The van der Waals surface area contributed by atoms with Crippen molar-refractivity contribution in [1.82, 2.24) is 5.32 Å². The molecule has 4 aliphatic carbocycles. The Morgan fingerprint density at radius 2 is 2.03 bits per heavy atom. The standard InChI is InChI=1S/C26H27F2NO5/c1-12-9-25-11-26(12,33)7-6-15(25)13-8-18-21(30)24(2,23(32)34-18)19(13)20(25)22(31)29-10-14-16(27)4-3-5-17(14)28/h3-5,8,15,18-21,30,33H,1,6-7,9-11H2,2H3,(H,29,31)/t15-,18+,19?,20+,21-,24-,25-,26-/m0/s1. The molecule has 1 aliphatic heterocycles. The first-order valence-electron chi connectivity index (χ1n) is 11.7. The van der Waals surface area contributed by atoms with Crippen molar-refractivity contribution < 1.29 is 33.3 Å². The highest BCUT2D eigenvalue weighted by Gasteiger charge is 2.75. The second-order valence-corrected chi connectivity index (χ2v) is 11.0. The van der Waals surface area contributed by atoms with Crippen LogP contribution >= 0.6 is 0 Å². The summed E-state index contributed by atoms with van der Waals surface area (Å²) >= 11 is 0. The van der Waals surface area contributed by atoms with Crippen molar-refractivity contribution in [3.8, 4) is 0 Å². The van der Waals surface area contributed by atoms with Crippen LogP contribution in [-0.2, 0) is 20.9 Å². The van der Waals surface area contributed by atoms with E-state index in [0.717, 1.165) is 17.7 Å². The van der Waals surface area contributed by atoms with Crippen molar-refractivity contribution >= 4 is 11.9 Å². The first-order chi connectivity index (χ1) is 16.0. The van der Waals surface area contributed by atoms with Gasteiger partial charge in [0.15, 0.2) is 0 Å². The van der Waals surface area contributed by atoms with Gasteiger partial charge in [0.05, 0.1) is 11.5 Å². The predicted octanol–water partition coefficient (Wildman–Crippen LogP) is 2.54. The van der Waals surface area contributed by atoms with Crippen molar-refractivity contribution in [2.75, 3.05) is 0 Å². The zero-order valence-corrected chi connectivity index (χ0v) is 18.8. The smallest absolute Gasteiger partial charge is 0.315 e. The normalized spacial score (nSPS) is 43.8. The first kappa shape index (κ1) is 21.9. The molecule has 1 heterocycles. The van der Waals surface area contributed by atoms with Crippen molar-refractivity contribution in [3.63, 3.8) is 0 Å². The summed E-state index contributed by atoms with van der Waals surface area (Å²) in [6, 6.07) is 3.52. The second kappa shape index (κ2) is 6.76. The van der Waals surface area contributed by atoms with Gasteiger partial charge in [-0.1, -0.05) is 18.2 Å². The zero-order chi connectivity index (χ0) is 24.2. The van der Waals surface area contributed by atoms with Gasteiger partial charge in [-0.3, -0.25) is 9.59 Å². The molecule has 1 aromatic rings. The van der Waals surface area contributed by atoms with Gasteiger partial charge >= 0.3 is 5.97 Å². The molecule has 8 atom stereocenters. The third-order valence-electron chi connectivity index (χ3n) is 9.47. The highest BCUT2D eigenvalue weighted by atomic mass is 19.1. The minimum atomic E-state index is -1.33. The van der Waals surface area contributed by atoms with Crippen LogP contribution in [-0.4, -0.2) is 39.9 Å². The van der Waals surface area contributed by atoms with Gasteiger partial charge in [0, 0.05) is 18.0 Å². The number of nitrogens with one attached hydrogen (secondary N) is 1. The molecule has 3 N–H and O–H groups in total. The van der Waals surface area contributed by atoms with E-state index in [0.29, 0.717) is 31.3 Å². The maximum absolute atomic E-state index is 14.2. The average molecular weight is 472 g/mol. The number of fused-ring (bicyclic) bond motifs is 6. The summed E-state index contributed by atoms with van der Waals surface area (Å²) in [5.74, 6) is -4.04. The molecular weight excluding hydrogens is 444 g/mol. The quantitative estimate of drug-likeness (QED) is 0.465. The lowest BCUT2D eigenvalue weighted by atomic mass is 9.60. The van der Waals surface area contributed by atoms with Gasteiger partial charge in [-0.05, 0) is 67.7 Å². The summed E-state index contributed by atoms with van der Waals surface area (Å²) in [7, 11) is 0. The zero-order valence-electron chi connectivity index (χ0n) is 18.8. The number of halogens is 2. The molecule has 6 rings (SSSR count). The van der Waals surface area contributed by atoms with Crippen LogP contribution in [0.5, 0.6) is 0 Å². The Bertz CT molecular complexity index is 1160. The number of hydrogen-bond acceptors (Lipinski definition) is 5. The van der Waals surface area contributed by atoms with E-state index in [1.165, 1.54) is 6.07 Å². The number of aliphatic hydroxyl groups is 2. The topological polar surface area (TPSA) is 95.9 Å². The summed E-state index contributed by atoms with van der Waals surface area (Å²) in [5, 5.41) is 24.9. The van der Waals surface area contributed by atoms with E-state index in [-0.39, 0.29) is 18.0 Å². The number of aliphatic hydroxyl groups excluding tert-OH is 1. The van der Waals surface area contributed by atoms with Crippen molar-refractivity contribution in [3.05, 3.63) is 59.2 Å².